The predicted octanol–water partition coefficient (Wildman–Crippen LogP) is 4.04. The van der Waals surface area contributed by atoms with Crippen molar-refractivity contribution in [3.63, 3.8) is 0 Å². The maximum atomic E-state index is 13.8. The standard InChI is InChI=1S/C19H19F2N5O2S/c1-3-22-19-23-12(2)10-18(25-19)24-14-5-7-15(8-6-14)26-29(27,28)17-11-13(20)4-9-16(17)21/h4-11,26H,3H2,1-2H3,(H2,22,23,24,25). The zero-order valence-corrected chi connectivity index (χ0v) is 16.5. The molecule has 0 fully saturated rings. The van der Waals surface area contributed by atoms with Gasteiger partial charge in [-0.15, -0.1) is 0 Å². The third-order valence-electron chi connectivity index (χ3n) is 3.78. The van der Waals surface area contributed by atoms with Crippen LogP contribution in [0, 0.1) is 18.6 Å². The monoisotopic (exact) mass is 419 g/mol. The number of halogens is 2. The van der Waals surface area contributed by atoms with Gasteiger partial charge in [-0.1, -0.05) is 0 Å². The normalized spacial score (nSPS) is 11.2. The van der Waals surface area contributed by atoms with Crippen molar-refractivity contribution in [3.05, 3.63) is 65.9 Å². The predicted molar refractivity (Wildman–Crippen MR) is 108 cm³/mol. The molecule has 0 amide bonds. The van der Waals surface area contributed by atoms with E-state index < -0.39 is 26.6 Å². The van der Waals surface area contributed by atoms with Gasteiger partial charge in [0, 0.05) is 29.7 Å². The number of sulfonamides is 1. The van der Waals surface area contributed by atoms with Gasteiger partial charge in [-0.2, -0.15) is 4.98 Å². The summed E-state index contributed by atoms with van der Waals surface area (Å²) in [7, 11) is -4.27. The van der Waals surface area contributed by atoms with E-state index in [4.69, 9.17) is 0 Å². The number of anilines is 4. The second-order valence-corrected chi connectivity index (χ2v) is 7.78. The molecule has 3 rings (SSSR count). The van der Waals surface area contributed by atoms with Crippen molar-refractivity contribution in [3.8, 4) is 0 Å². The van der Waals surface area contributed by atoms with E-state index in [1.54, 1.807) is 18.2 Å². The minimum Gasteiger partial charge on any atom is -0.354 e. The molecule has 3 N–H and O–H groups in total. The Labute approximate surface area is 167 Å². The largest absolute Gasteiger partial charge is 0.354 e. The Kier molecular flexibility index (Phi) is 5.92. The number of nitrogens with zero attached hydrogens (tertiary/aromatic N) is 2. The number of aromatic nitrogens is 2. The van der Waals surface area contributed by atoms with Gasteiger partial charge in [0.25, 0.3) is 10.0 Å². The average Bonchev–Trinajstić information content (AvgIpc) is 2.65. The highest BCUT2D eigenvalue weighted by molar-refractivity contribution is 7.92. The maximum Gasteiger partial charge on any atom is 0.264 e. The van der Waals surface area contributed by atoms with Crippen LogP contribution in [-0.4, -0.2) is 24.9 Å². The summed E-state index contributed by atoms with van der Waals surface area (Å²) in [4.78, 5) is 7.84. The van der Waals surface area contributed by atoms with Crippen molar-refractivity contribution in [2.24, 2.45) is 0 Å². The molecule has 1 heterocycles. The van der Waals surface area contributed by atoms with Crippen molar-refractivity contribution in [1.82, 2.24) is 9.97 Å². The molecule has 0 atom stereocenters. The number of rotatable bonds is 7. The number of benzene rings is 2. The first kappa shape index (κ1) is 20.5. The van der Waals surface area contributed by atoms with Crippen molar-refractivity contribution in [2.75, 3.05) is 21.9 Å². The van der Waals surface area contributed by atoms with Gasteiger partial charge in [-0.25, -0.2) is 22.2 Å². The summed E-state index contributed by atoms with van der Waals surface area (Å²) >= 11 is 0. The highest BCUT2D eigenvalue weighted by atomic mass is 32.2. The molecular formula is C19H19F2N5O2S. The van der Waals surface area contributed by atoms with Crippen LogP contribution in [0.25, 0.3) is 0 Å². The SMILES string of the molecule is CCNc1nc(C)cc(Nc2ccc(NS(=O)(=O)c3cc(F)ccc3F)cc2)n1. The first-order valence-corrected chi connectivity index (χ1v) is 10.2. The second kappa shape index (κ2) is 8.39. The lowest BCUT2D eigenvalue weighted by atomic mass is 10.3. The zero-order chi connectivity index (χ0) is 21.0. The molecule has 0 spiro atoms. The summed E-state index contributed by atoms with van der Waals surface area (Å²) in [6.07, 6.45) is 0. The summed E-state index contributed by atoms with van der Waals surface area (Å²) in [5.74, 6) is -0.809. The van der Waals surface area contributed by atoms with Crippen molar-refractivity contribution < 1.29 is 17.2 Å². The Bertz CT molecular complexity index is 1120. The molecule has 10 heteroatoms. The molecule has 152 valence electrons. The van der Waals surface area contributed by atoms with Gasteiger partial charge >= 0.3 is 0 Å². The van der Waals surface area contributed by atoms with E-state index in [2.05, 4.69) is 25.3 Å². The van der Waals surface area contributed by atoms with Crippen LogP contribution in [-0.2, 0) is 10.0 Å². The third-order valence-corrected chi connectivity index (χ3v) is 5.18. The molecule has 0 unspecified atom stereocenters. The van der Waals surface area contributed by atoms with Crippen molar-refractivity contribution >= 4 is 33.2 Å². The minimum absolute atomic E-state index is 0.200. The van der Waals surface area contributed by atoms with Crippen LogP contribution < -0.4 is 15.4 Å². The van der Waals surface area contributed by atoms with Crippen LogP contribution >= 0.6 is 0 Å². The number of aryl methyl sites for hydroxylation is 1. The molecule has 29 heavy (non-hydrogen) atoms. The zero-order valence-electron chi connectivity index (χ0n) is 15.7. The average molecular weight is 419 g/mol. The molecule has 7 nitrogen and oxygen atoms in total. The molecule has 0 saturated carbocycles. The minimum atomic E-state index is -4.27. The fourth-order valence-corrected chi connectivity index (χ4v) is 3.68. The molecule has 1 aromatic heterocycles. The fraction of sp³-hybridized carbons (Fsp3) is 0.158. The number of nitrogens with one attached hydrogen (secondary N) is 3. The molecule has 3 aromatic rings. The molecule has 0 saturated heterocycles. The molecule has 2 aromatic carbocycles. The lowest BCUT2D eigenvalue weighted by molar-refractivity contribution is 0.555. The van der Waals surface area contributed by atoms with Crippen molar-refractivity contribution in [2.45, 2.75) is 18.7 Å². The van der Waals surface area contributed by atoms with E-state index in [1.807, 2.05) is 13.8 Å². The Morgan fingerprint density at radius 3 is 2.34 bits per heavy atom. The first-order chi connectivity index (χ1) is 13.8. The summed E-state index contributed by atoms with van der Waals surface area (Å²) in [6, 6.07) is 10.3. The van der Waals surface area contributed by atoms with Crippen molar-refractivity contribution in [1.29, 1.82) is 0 Å². The summed E-state index contributed by atoms with van der Waals surface area (Å²) in [6.45, 7) is 4.47. The molecular weight excluding hydrogens is 400 g/mol. The molecule has 0 bridgehead atoms. The summed E-state index contributed by atoms with van der Waals surface area (Å²) in [5, 5.41) is 6.14. The molecule has 0 aliphatic heterocycles. The second-order valence-electron chi connectivity index (χ2n) is 6.13. The number of hydrogen-bond donors (Lipinski definition) is 3. The van der Waals surface area contributed by atoms with E-state index in [0.29, 0.717) is 30.1 Å². The van der Waals surface area contributed by atoms with Gasteiger partial charge in [0.2, 0.25) is 5.95 Å². The van der Waals surface area contributed by atoms with E-state index in [1.165, 1.54) is 12.1 Å². The quantitative estimate of drug-likeness (QED) is 0.535. The Hall–Kier alpha value is -3.27. The Morgan fingerprint density at radius 2 is 1.66 bits per heavy atom. The van der Waals surface area contributed by atoms with E-state index in [-0.39, 0.29) is 5.69 Å². The smallest absolute Gasteiger partial charge is 0.264 e. The third kappa shape index (κ3) is 5.17. The Balaban J connectivity index is 1.76. The summed E-state index contributed by atoms with van der Waals surface area (Å²) < 4.78 is 54.0. The van der Waals surface area contributed by atoms with Crippen LogP contribution in [0.2, 0.25) is 0 Å². The summed E-state index contributed by atoms with van der Waals surface area (Å²) in [5.41, 5.74) is 1.64. The highest BCUT2D eigenvalue weighted by Crippen LogP contribution is 2.23. The van der Waals surface area contributed by atoms with E-state index in [0.717, 1.165) is 17.8 Å². The van der Waals surface area contributed by atoms with Gasteiger partial charge in [-0.3, -0.25) is 4.72 Å². The van der Waals surface area contributed by atoms with Crippen LogP contribution in [0.1, 0.15) is 12.6 Å². The van der Waals surface area contributed by atoms with E-state index in [9.17, 15) is 17.2 Å². The van der Waals surface area contributed by atoms with Crippen LogP contribution in [0.4, 0.5) is 31.9 Å². The highest BCUT2D eigenvalue weighted by Gasteiger charge is 2.20. The fourth-order valence-electron chi connectivity index (χ4n) is 2.53. The first-order valence-electron chi connectivity index (χ1n) is 8.71. The lowest BCUT2D eigenvalue weighted by Crippen LogP contribution is -2.15. The maximum absolute atomic E-state index is 13.8. The van der Waals surface area contributed by atoms with Gasteiger partial charge in [0.15, 0.2) is 0 Å². The van der Waals surface area contributed by atoms with E-state index >= 15 is 0 Å². The van der Waals surface area contributed by atoms with Crippen LogP contribution in [0.15, 0.2) is 53.4 Å². The Morgan fingerprint density at radius 1 is 0.966 bits per heavy atom. The van der Waals surface area contributed by atoms with Gasteiger partial charge in [0.1, 0.15) is 22.3 Å². The number of hydrogen-bond acceptors (Lipinski definition) is 6. The van der Waals surface area contributed by atoms with Gasteiger partial charge in [-0.05, 0) is 56.3 Å². The topological polar surface area (TPSA) is 96.0 Å². The lowest BCUT2D eigenvalue weighted by Gasteiger charge is -2.11. The van der Waals surface area contributed by atoms with Gasteiger partial charge in [0.05, 0.1) is 0 Å². The molecule has 0 aliphatic rings. The van der Waals surface area contributed by atoms with Gasteiger partial charge < -0.3 is 10.6 Å². The van der Waals surface area contributed by atoms with Crippen LogP contribution in [0.5, 0.6) is 0 Å². The molecule has 0 radical (unpaired) electrons. The molecule has 0 aliphatic carbocycles. The van der Waals surface area contributed by atoms with Crippen LogP contribution in [0.3, 0.4) is 0 Å².